The number of aromatic nitrogens is 1. The summed E-state index contributed by atoms with van der Waals surface area (Å²) in [5.41, 5.74) is 2.25. The van der Waals surface area contributed by atoms with Crippen LogP contribution in [-0.4, -0.2) is 16.9 Å². The molecule has 0 unspecified atom stereocenters. The van der Waals surface area contributed by atoms with Gasteiger partial charge in [0.05, 0.1) is 5.56 Å². The molecule has 0 atom stereocenters. The van der Waals surface area contributed by atoms with Gasteiger partial charge >= 0.3 is 5.97 Å². The number of carbonyl (C=O) groups is 2. The molecular formula is C19H16N2O4. The van der Waals surface area contributed by atoms with Gasteiger partial charge in [0, 0.05) is 18.2 Å². The summed E-state index contributed by atoms with van der Waals surface area (Å²) in [5.74, 6) is -0.239. The molecule has 0 fully saturated rings. The number of benzene rings is 2. The first-order valence-corrected chi connectivity index (χ1v) is 7.66. The average molecular weight is 336 g/mol. The van der Waals surface area contributed by atoms with E-state index in [1.807, 2.05) is 30.3 Å². The van der Waals surface area contributed by atoms with Gasteiger partial charge in [-0.15, -0.1) is 0 Å². The fourth-order valence-corrected chi connectivity index (χ4v) is 2.24. The van der Waals surface area contributed by atoms with Crippen molar-refractivity contribution in [1.82, 2.24) is 4.98 Å². The van der Waals surface area contributed by atoms with Crippen LogP contribution in [0.25, 0.3) is 11.5 Å². The van der Waals surface area contributed by atoms with E-state index < -0.39 is 5.97 Å². The van der Waals surface area contributed by atoms with Gasteiger partial charge in [0.2, 0.25) is 11.8 Å². The van der Waals surface area contributed by atoms with Crippen LogP contribution in [0.3, 0.4) is 0 Å². The Kier molecular flexibility index (Phi) is 4.89. The largest absolute Gasteiger partial charge is 0.455 e. The Labute approximate surface area is 144 Å². The van der Waals surface area contributed by atoms with E-state index in [4.69, 9.17) is 9.15 Å². The van der Waals surface area contributed by atoms with Gasteiger partial charge in [0.25, 0.3) is 0 Å². The molecule has 0 bridgehead atoms. The smallest absolute Gasteiger partial charge is 0.338 e. The van der Waals surface area contributed by atoms with E-state index in [9.17, 15) is 9.59 Å². The lowest BCUT2D eigenvalue weighted by Crippen LogP contribution is -2.09. The zero-order valence-electron chi connectivity index (χ0n) is 13.6. The quantitative estimate of drug-likeness (QED) is 0.719. The van der Waals surface area contributed by atoms with Crippen LogP contribution in [0.5, 0.6) is 0 Å². The van der Waals surface area contributed by atoms with Gasteiger partial charge in [-0.05, 0) is 30.3 Å². The summed E-state index contributed by atoms with van der Waals surface area (Å²) in [6.45, 7) is 1.40. The highest BCUT2D eigenvalue weighted by Crippen LogP contribution is 2.19. The number of amides is 1. The molecule has 0 radical (unpaired) electrons. The van der Waals surface area contributed by atoms with Crippen LogP contribution in [0.4, 0.5) is 5.69 Å². The summed E-state index contributed by atoms with van der Waals surface area (Å²) in [6, 6.07) is 16.0. The van der Waals surface area contributed by atoms with E-state index in [1.165, 1.54) is 13.2 Å². The molecule has 0 aliphatic heterocycles. The van der Waals surface area contributed by atoms with Gasteiger partial charge in [-0.2, -0.15) is 0 Å². The fourth-order valence-electron chi connectivity index (χ4n) is 2.24. The Morgan fingerprint density at radius 1 is 1.12 bits per heavy atom. The van der Waals surface area contributed by atoms with Crippen LogP contribution in [-0.2, 0) is 16.1 Å². The van der Waals surface area contributed by atoms with Crippen molar-refractivity contribution in [2.24, 2.45) is 0 Å². The van der Waals surface area contributed by atoms with Crippen LogP contribution in [0, 0.1) is 0 Å². The highest BCUT2D eigenvalue weighted by molar-refractivity contribution is 5.93. The van der Waals surface area contributed by atoms with E-state index >= 15 is 0 Å². The zero-order valence-corrected chi connectivity index (χ0v) is 13.6. The van der Waals surface area contributed by atoms with Crippen LogP contribution in [0.2, 0.25) is 0 Å². The number of esters is 1. The number of nitrogens with zero attached hydrogens (tertiary/aromatic N) is 1. The van der Waals surface area contributed by atoms with Crippen molar-refractivity contribution in [1.29, 1.82) is 0 Å². The summed E-state index contributed by atoms with van der Waals surface area (Å²) in [4.78, 5) is 27.5. The molecule has 3 rings (SSSR count). The molecule has 6 nitrogen and oxygen atoms in total. The first-order valence-electron chi connectivity index (χ1n) is 7.66. The third-order valence-electron chi connectivity index (χ3n) is 3.34. The lowest BCUT2D eigenvalue weighted by atomic mass is 10.2. The predicted molar refractivity (Wildman–Crippen MR) is 91.8 cm³/mol. The average Bonchev–Trinajstić information content (AvgIpc) is 3.09. The molecule has 0 saturated heterocycles. The highest BCUT2D eigenvalue weighted by Gasteiger charge is 2.11. The molecule has 0 aliphatic carbocycles. The van der Waals surface area contributed by atoms with E-state index in [-0.39, 0.29) is 12.5 Å². The standard InChI is InChI=1S/C19H16N2O4/c1-13(22)20-16-9-5-8-15(10-16)19(23)25-12-17-11-24-18(21-17)14-6-3-2-4-7-14/h2-11H,12H2,1H3,(H,20,22). The second kappa shape index (κ2) is 7.44. The maximum absolute atomic E-state index is 12.1. The number of oxazole rings is 1. The fraction of sp³-hybridized carbons (Fsp3) is 0.105. The molecule has 2 aromatic carbocycles. The Morgan fingerprint density at radius 2 is 1.92 bits per heavy atom. The summed E-state index contributed by atoms with van der Waals surface area (Å²) in [6.07, 6.45) is 1.46. The molecule has 1 N–H and O–H groups in total. The Hall–Kier alpha value is -3.41. The molecule has 1 amide bonds. The summed E-state index contributed by atoms with van der Waals surface area (Å²) < 4.78 is 10.7. The minimum atomic E-state index is -0.503. The van der Waals surface area contributed by atoms with Gasteiger partial charge in [-0.25, -0.2) is 9.78 Å². The molecule has 0 saturated carbocycles. The first-order chi connectivity index (χ1) is 12.1. The number of carbonyl (C=O) groups excluding carboxylic acids is 2. The van der Waals surface area contributed by atoms with Crippen molar-refractivity contribution < 1.29 is 18.7 Å². The van der Waals surface area contributed by atoms with Gasteiger partial charge in [0.1, 0.15) is 18.6 Å². The maximum atomic E-state index is 12.1. The van der Waals surface area contributed by atoms with Gasteiger partial charge < -0.3 is 14.5 Å². The highest BCUT2D eigenvalue weighted by atomic mass is 16.5. The summed E-state index contributed by atoms with van der Waals surface area (Å²) >= 11 is 0. The molecule has 0 spiro atoms. The van der Waals surface area contributed by atoms with Gasteiger partial charge in [-0.3, -0.25) is 4.79 Å². The topological polar surface area (TPSA) is 81.4 Å². The number of nitrogens with one attached hydrogen (secondary N) is 1. The molecule has 1 heterocycles. The minimum Gasteiger partial charge on any atom is -0.455 e. The first kappa shape index (κ1) is 16.4. The van der Waals surface area contributed by atoms with Crippen molar-refractivity contribution in [2.45, 2.75) is 13.5 Å². The monoisotopic (exact) mass is 336 g/mol. The summed E-state index contributed by atoms with van der Waals surface area (Å²) in [5, 5.41) is 2.62. The molecular weight excluding hydrogens is 320 g/mol. The molecule has 1 aromatic heterocycles. The molecule has 25 heavy (non-hydrogen) atoms. The second-order valence-electron chi connectivity index (χ2n) is 5.35. The second-order valence-corrected chi connectivity index (χ2v) is 5.35. The van der Waals surface area contributed by atoms with Gasteiger partial charge in [-0.1, -0.05) is 24.3 Å². The van der Waals surface area contributed by atoms with Crippen molar-refractivity contribution in [3.05, 3.63) is 72.1 Å². The number of anilines is 1. The molecule has 126 valence electrons. The molecule has 3 aromatic rings. The van der Waals surface area contributed by atoms with E-state index in [1.54, 1.807) is 24.3 Å². The Bertz CT molecular complexity index is 887. The van der Waals surface area contributed by atoms with Crippen molar-refractivity contribution in [3.8, 4) is 11.5 Å². The third-order valence-corrected chi connectivity index (χ3v) is 3.34. The maximum Gasteiger partial charge on any atom is 0.338 e. The van der Waals surface area contributed by atoms with Crippen molar-refractivity contribution in [3.63, 3.8) is 0 Å². The third kappa shape index (κ3) is 4.32. The minimum absolute atomic E-state index is 0.000465. The van der Waals surface area contributed by atoms with Crippen LogP contribution in [0.1, 0.15) is 23.0 Å². The van der Waals surface area contributed by atoms with E-state index in [0.717, 1.165) is 5.56 Å². The number of hydrogen-bond acceptors (Lipinski definition) is 5. The zero-order chi connectivity index (χ0) is 17.6. The van der Waals surface area contributed by atoms with E-state index in [0.29, 0.717) is 22.8 Å². The van der Waals surface area contributed by atoms with Crippen molar-refractivity contribution in [2.75, 3.05) is 5.32 Å². The summed E-state index contributed by atoms with van der Waals surface area (Å²) in [7, 11) is 0. The van der Waals surface area contributed by atoms with Crippen molar-refractivity contribution >= 4 is 17.6 Å². The number of rotatable bonds is 5. The molecule has 6 heteroatoms. The van der Waals surface area contributed by atoms with Gasteiger partial charge in [0.15, 0.2) is 0 Å². The predicted octanol–water partition coefficient (Wildman–Crippen LogP) is 3.66. The molecule has 0 aliphatic rings. The van der Waals surface area contributed by atoms with Crippen LogP contribution < -0.4 is 5.32 Å². The van der Waals surface area contributed by atoms with E-state index in [2.05, 4.69) is 10.3 Å². The normalized spacial score (nSPS) is 10.3. The number of hydrogen-bond donors (Lipinski definition) is 1. The number of ether oxygens (including phenoxy) is 1. The van der Waals surface area contributed by atoms with Crippen LogP contribution >= 0.6 is 0 Å². The lowest BCUT2D eigenvalue weighted by molar-refractivity contribution is -0.114. The SMILES string of the molecule is CC(=O)Nc1cccc(C(=O)OCc2coc(-c3ccccc3)n2)c1. The lowest BCUT2D eigenvalue weighted by Gasteiger charge is -2.05. The Balaban J connectivity index is 1.63. The Morgan fingerprint density at radius 3 is 2.68 bits per heavy atom. The van der Waals surface area contributed by atoms with Crippen LogP contribution in [0.15, 0.2) is 65.3 Å².